The summed E-state index contributed by atoms with van der Waals surface area (Å²) < 4.78 is 48.4. The molecule has 0 bridgehead atoms. The Bertz CT molecular complexity index is 1100. The number of anilines is 1. The molecule has 3 aromatic rings. The van der Waals surface area contributed by atoms with Gasteiger partial charge in [0, 0.05) is 5.69 Å². The van der Waals surface area contributed by atoms with Gasteiger partial charge in [0.2, 0.25) is 5.91 Å². The van der Waals surface area contributed by atoms with Crippen molar-refractivity contribution in [1.82, 2.24) is 0 Å². The van der Waals surface area contributed by atoms with Gasteiger partial charge in [0.1, 0.15) is 5.41 Å². The Morgan fingerprint density at radius 2 is 1.52 bits per heavy atom. The predicted molar refractivity (Wildman–Crippen MR) is 110 cm³/mol. The Balaban J connectivity index is 1.63. The van der Waals surface area contributed by atoms with Crippen LogP contribution in [0.2, 0.25) is 0 Å². The van der Waals surface area contributed by atoms with Crippen LogP contribution in [0, 0.1) is 0 Å². The Kier molecular flexibility index (Phi) is 4.63. The fourth-order valence-electron chi connectivity index (χ4n) is 4.87. The topological polar surface area (TPSA) is 29.5 Å². The van der Waals surface area contributed by atoms with Gasteiger partial charge in [-0.1, -0.05) is 78.9 Å². The molecule has 0 aliphatic carbocycles. The number of para-hydroxylation sites is 1. The van der Waals surface area contributed by atoms with E-state index in [0.717, 1.165) is 5.56 Å². The summed E-state index contributed by atoms with van der Waals surface area (Å²) in [6.45, 7) is 0.207. The molecule has 3 atom stereocenters. The van der Waals surface area contributed by atoms with Crippen LogP contribution in [0.25, 0.3) is 0 Å². The number of alkyl halides is 3. The first-order valence-corrected chi connectivity index (χ1v) is 10.1. The molecule has 0 radical (unpaired) electrons. The van der Waals surface area contributed by atoms with Crippen molar-refractivity contribution in [2.24, 2.45) is 0 Å². The number of benzene rings is 3. The molecule has 0 unspecified atom stereocenters. The molecule has 6 heteroatoms. The average molecular weight is 423 g/mol. The molecule has 2 aliphatic rings. The monoisotopic (exact) mass is 423 g/mol. The Labute approximate surface area is 178 Å². The van der Waals surface area contributed by atoms with Crippen molar-refractivity contribution in [3.8, 4) is 0 Å². The highest BCUT2D eigenvalue weighted by Crippen LogP contribution is 2.58. The summed E-state index contributed by atoms with van der Waals surface area (Å²) in [6, 6.07) is 24.9. The van der Waals surface area contributed by atoms with Crippen LogP contribution in [0.4, 0.5) is 18.9 Å². The Morgan fingerprint density at radius 1 is 0.903 bits per heavy atom. The van der Waals surface area contributed by atoms with Gasteiger partial charge in [0.25, 0.3) is 0 Å². The van der Waals surface area contributed by atoms with E-state index >= 15 is 0 Å². The van der Waals surface area contributed by atoms with Gasteiger partial charge in [-0.3, -0.25) is 4.79 Å². The van der Waals surface area contributed by atoms with Crippen molar-refractivity contribution < 1.29 is 22.7 Å². The molecule has 0 aromatic heterocycles. The number of ether oxygens (including phenoxy) is 1. The van der Waals surface area contributed by atoms with E-state index in [1.54, 1.807) is 54.6 Å². The van der Waals surface area contributed by atoms with Gasteiger partial charge in [0.05, 0.1) is 12.6 Å². The normalized spacial score (nSPS) is 25.3. The van der Waals surface area contributed by atoms with E-state index in [2.05, 4.69) is 0 Å². The zero-order valence-corrected chi connectivity index (χ0v) is 16.5. The highest BCUT2D eigenvalue weighted by atomic mass is 19.4. The maximum Gasteiger partial charge on any atom is 0.416 e. The molecule has 1 spiro atoms. The largest absolute Gasteiger partial charge is 0.416 e. The van der Waals surface area contributed by atoms with Crippen molar-refractivity contribution in [3.05, 3.63) is 102 Å². The molecule has 158 valence electrons. The minimum Gasteiger partial charge on any atom is -0.359 e. The Hall–Kier alpha value is -3.12. The van der Waals surface area contributed by atoms with Crippen molar-refractivity contribution in [1.29, 1.82) is 0 Å². The van der Waals surface area contributed by atoms with Crippen LogP contribution in [0.15, 0.2) is 84.9 Å². The van der Waals surface area contributed by atoms with Crippen LogP contribution in [0.3, 0.4) is 0 Å². The Morgan fingerprint density at radius 3 is 2.19 bits per heavy atom. The predicted octanol–water partition coefficient (Wildman–Crippen LogP) is 5.56. The van der Waals surface area contributed by atoms with Crippen molar-refractivity contribution in [2.45, 2.75) is 36.8 Å². The minimum absolute atomic E-state index is 0.0532. The van der Waals surface area contributed by atoms with E-state index < -0.39 is 29.7 Å². The van der Waals surface area contributed by atoms with Crippen LogP contribution in [0.1, 0.15) is 29.2 Å². The molecule has 1 amide bonds. The molecule has 0 saturated carbocycles. The van der Waals surface area contributed by atoms with Crippen molar-refractivity contribution >= 4 is 11.6 Å². The third-order valence-electron chi connectivity index (χ3n) is 6.21. The molecule has 3 nitrogen and oxygen atoms in total. The number of halogens is 3. The van der Waals surface area contributed by atoms with Gasteiger partial charge in [-0.15, -0.1) is 0 Å². The van der Waals surface area contributed by atoms with Crippen molar-refractivity contribution in [2.75, 3.05) is 4.90 Å². The molecular weight excluding hydrogens is 403 g/mol. The van der Waals surface area contributed by atoms with Crippen LogP contribution in [0.5, 0.6) is 0 Å². The SMILES string of the molecule is O=C1N(Cc2ccccc2)c2ccccc2[C@]12C[C@H](c1ccccc1)O[C@H]2C(F)(F)F. The molecule has 1 fully saturated rings. The smallest absolute Gasteiger partial charge is 0.359 e. The summed E-state index contributed by atoms with van der Waals surface area (Å²) >= 11 is 0. The number of carbonyl (C=O) groups is 1. The lowest BCUT2D eigenvalue weighted by Crippen LogP contribution is -2.51. The maximum atomic E-state index is 14.3. The molecule has 5 rings (SSSR count). The van der Waals surface area contributed by atoms with E-state index in [4.69, 9.17) is 4.74 Å². The second-order valence-electron chi connectivity index (χ2n) is 8.03. The second kappa shape index (κ2) is 7.24. The first-order chi connectivity index (χ1) is 14.9. The third kappa shape index (κ3) is 3.13. The standard InChI is InChI=1S/C25H20F3NO2/c26-25(27,28)22-24(15-21(31-22)18-11-5-2-6-12-18)19-13-7-8-14-20(19)29(23(24)30)16-17-9-3-1-4-10-17/h1-14,21-22H,15-16H2/t21-,22-,24+/m1/s1. The van der Waals surface area contributed by atoms with E-state index in [0.29, 0.717) is 16.8 Å². The van der Waals surface area contributed by atoms with E-state index in [-0.39, 0.29) is 13.0 Å². The molecule has 0 N–H and O–H groups in total. The highest BCUT2D eigenvalue weighted by molar-refractivity contribution is 6.09. The number of rotatable bonds is 3. The van der Waals surface area contributed by atoms with E-state index in [1.165, 1.54) is 4.90 Å². The van der Waals surface area contributed by atoms with Crippen LogP contribution >= 0.6 is 0 Å². The van der Waals surface area contributed by atoms with Gasteiger partial charge in [-0.2, -0.15) is 13.2 Å². The van der Waals surface area contributed by atoms with E-state index in [9.17, 15) is 18.0 Å². The van der Waals surface area contributed by atoms with E-state index in [1.807, 2.05) is 30.3 Å². The first-order valence-electron chi connectivity index (χ1n) is 10.1. The summed E-state index contributed by atoms with van der Waals surface area (Å²) in [4.78, 5) is 15.2. The summed E-state index contributed by atoms with van der Waals surface area (Å²) in [7, 11) is 0. The minimum atomic E-state index is -4.69. The second-order valence-corrected chi connectivity index (χ2v) is 8.03. The number of fused-ring (bicyclic) bond motifs is 2. The summed E-state index contributed by atoms with van der Waals surface area (Å²) in [5, 5.41) is 0. The molecular formula is C25H20F3NO2. The first kappa shape index (κ1) is 19.8. The molecule has 31 heavy (non-hydrogen) atoms. The lowest BCUT2D eigenvalue weighted by atomic mass is 9.73. The number of carbonyl (C=O) groups excluding carboxylic acids is 1. The fraction of sp³-hybridized carbons (Fsp3) is 0.240. The third-order valence-corrected chi connectivity index (χ3v) is 6.21. The van der Waals surface area contributed by atoms with Gasteiger partial charge in [-0.05, 0) is 29.2 Å². The van der Waals surface area contributed by atoms with Gasteiger partial charge >= 0.3 is 6.18 Å². The lowest BCUT2D eigenvalue weighted by molar-refractivity contribution is -0.227. The number of amides is 1. The fourth-order valence-corrected chi connectivity index (χ4v) is 4.87. The van der Waals surface area contributed by atoms with Crippen LogP contribution in [-0.4, -0.2) is 18.2 Å². The molecule has 2 heterocycles. The van der Waals surface area contributed by atoms with Crippen LogP contribution < -0.4 is 4.90 Å². The van der Waals surface area contributed by atoms with Crippen molar-refractivity contribution in [3.63, 3.8) is 0 Å². The van der Waals surface area contributed by atoms with Gasteiger partial charge in [-0.25, -0.2) is 0 Å². The van der Waals surface area contributed by atoms with Gasteiger partial charge < -0.3 is 9.64 Å². The lowest BCUT2D eigenvalue weighted by Gasteiger charge is -2.30. The van der Waals surface area contributed by atoms with Gasteiger partial charge in [0.15, 0.2) is 6.10 Å². The zero-order chi connectivity index (χ0) is 21.6. The summed E-state index contributed by atoms with van der Waals surface area (Å²) in [6.07, 6.45) is -7.77. The van der Waals surface area contributed by atoms with Crippen LogP contribution in [-0.2, 0) is 21.5 Å². The zero-order valence-electron chi connectivity index (χ0n) is 16.5. The number of hydrogen-bond acceptors (Lipinski definition) is 2. The maximum absolute atomic E-state index is 14.3. The average Bonchev–Trinajstić information content (AvgIpc) is 3.30. The summed E-state index contributed by atoms with van der Waals surface area (Å²) in [5.74, 6) is -0.557. The molecule has 1 saturated heterocycles. The highest BCUT2D eigenvalue weighted by Gasteiger charge is 2.68. The number of nitrogens with zero attached hydrogens (tertiary/aromatic N) is 1. The quantitative estimate of drug-likeness (QED) is 0.552. The molecule has 2 aliphatic heterocycles. The summed E-state index contributed by atoms with van der Waals surface area (Å²) in [5.41, 5.74) is 0.592. The molecule has 3 aromatic carbocycles. The number of hydrogen-bond donors (Lipinski definition) is 0.